The molecule has 0 bridgehead atoms. The van der Waals surface area contributed by atoms with E-state index in [0.29, 0.717) is 29.2 Å². The number of carbonyl (C=O) groups excluding carboxylic acids is 2. The lowest BCUT2D eigenvalue weighted by Crippen LogP contribution is -2.34. The van der Waals surface area contributed by atoms with E-state index in [1.165, 1.54) is 4.90 Å². The van der Waals surface area contributed by atoms with Crippen LogP contribution in [0.5, 0.6) is 5.75 Å². The molecule has 0 radical (unpaired) electrons. The quantitative estimate of drug-likeness (QED) is 0.655. The van der Waals surface area contributed by atoms with Crippen molar-refractivity contribution in [2.24, 2.45) is 0 Å². The second-order valence-electron chi connectivity index (χ2n) is 6.76. The molecular formula is C22H25N3O4. The Morgan fingerprint density at radius 1 is 1.10 bits per heavy atom. The first-order valence-electron chi connectivity index (χ1n) is 9.62. The van der Waals surface area contributed by atoms with Crippen LogP contribution in [0.15, 0.2) is 54.4 Å². The molecule has 7 heteroatoms. The maximum absolute atomic E-state index is 13.2. The molecule has 0 atom stereocenters. The number of aliphatic hydroxyl groups excluding tert-OH is 1. The molecule has 29 heavy (non-hydrogen) atoms. The fourth-order valence-electron chi connectivity index (χ4n) is 3.17. The van der Waals surface area contributed by atoms with Crippen molar-refractivity contribution in [3.63, 3.8) is 0 Å². The lowest BCUT2D eigenvalue weighted by atomic mass is 10.0. The SMILES string of the molecule is CCCOc1ccc(C2=C(N(C)CCO)C(=O)N(Cc3ccccn3)C2=O)cc1. The molecule has 1 aromatic heterocycles. The van der Waals surface area contributed by atoms with Crippen LogP contribution in [0.2, 0.25) is 0 Å². The fourth-order valence-corrected chi connectivity index (χ4v) is 3.17. The van der Waals surface area contributed by atoms with Gasteiger partial charge in [-0.05, 0) is 36.2 Å². The van der Waals surface area contributed by atoms with E-state index in [1.54, 1.807) is 54.5 Å². The van der Waals surface area contributed by atoms with E-state index >= 15 is 0 Å². The Morgan fingerprint density at radius 2 is 1.86 bits per heavy atom. The average molecular weight is 395 g/mol. The molecule has 3 rings (SSSR count). The number of nitrogens with zero attached hydrogens (tertiary/aromatic N) is 3. The maximum Gasteiger partial charge on any atom is 0.278 e. The summed E-state index contributed by atoms with van der Waals surface area (Å²) in [4.78, 5) is 33.3. The number of ether oxygens (including phenoxy) is 1. The number of imide groups is 1. The molecule has 0 unspecified atom stereocenters. The van der Waals surface area contributed by atoms with Crippen molar-refractivity contribution in [3.8, 4) is 5.75 Å². The summed E-state index contributed by atoms with van der Waals surface area (Å²) in [7, 11) is 1.69. The van der Waals surface area contributed by atoms with Crippen molar-refractivity contribution in [2.45, 2.75) is 19.9 Å². The van der Waals surface area contributed by atoms with Gasteiger partial charge in [0.05, 0.1) is 31.0 Å². The molecule has 0 fully saturated rings. The third-order valence-electron chi connectivity index (χ3n) is 4.62. The van der Waals surface area contributed by atoms with E-state index in [0.717, 1.165) is 6.42 Å². The Balaban J connectivity index is 1.95. The number of rotatable bonds is 9. The molecule has 0 saturated carbocycles. The van der Waals surface area contributed by atoms with Crippen molar-refractivity contribution in [2.75, 3.05) is 26.8 Å². The van der Waals surface area contributed by atoms with Crippen molar-refractivity contribution in [1.29, 1.82) is 0 Å². The molecule has 7 nitrogen and oxygen atoms in total. The van der Waals surface area contributed by atoms with E-state index < -0.39 is 5.91 Å². The standard InChI is InChI=1S/C22H25N3O4/c1-3-14-29-18-9-7-16(8-10-18)19-20(24(2)12-13-26)22(28)25(21(19)27)15-17-6-4-5-11-23-17/h4-11,26H,3,12-15H2,1-2H3. The van der Waals surface area contributed by atoms with Crippen LogP contribution in [-0.4, -0.2) is 58.5 Å². The predicted molar refractivity (Wildman–Crippen MR) is 109 cm³/mol. The van der Waals surface area contributed by atoms with Gasteiger partial charge in [-0.15, -0.1) is 0 Å². The summed E-state index contributed by atoms with van der Waals surface area (Å²) in [6.07, 6.45) is 2.53. The number of benzene rings is 1. The van der Waals surface area contributed by atoms with Crippen LogP contribution in [0.25, 0.3) is 5.57 Å². The first kappa shape index (κ1) is 20.5. The highest BCUT2D eigenvalue weighted by atomic mass is 16.5. The summed E-state index contributed by atoms with van der Waals surface area (Å²) in [5, 5.41) is 9.33. The summed E-state index contributed by atoms with van der Waals surface area (Å²) >= 11 is 0. The van der Waals surface area contributed by atoms with Crippen LogP contribution in [0.4, 0.5) is 0 Å². The Bertz CT molecular complexity index is 894. The number of hydrogen-bond donors (Lipinski definition) is 1. The van der Waals surface area contributed by atoms with Gasteiger partial charge in [0.15, 0.2) is 0 Å². The van der Waals surface area contributed by atoms with Crippen LogP contribution >= 0.6 is 0 Å². The van der Waals surface area contributed by atoms with Gasteiger partial charge in [-0.3, -0.25) is 19.5 Å². The van der Waals surface area contributed by atoms with Crippen LogP contribution in [0.1, 0.15) is 24.6 Å². The zero-order chi connectivity index (χ0) is 20.8. The van der Waals surface area contributed by atoms with Gasteiger partial charge in [0, 0.05) is 19.8 Å². The first-order valence-corrected chi connectivity index (χ1v) is 9.62. The lowest BCUT2D eigenvalue weighted by molar-refractivity contribution is -0.138. The van der Waals surface area contributed by atoms with Crippen molar-refractivity contribution >= 4 is 17.4 Å². The number of aromatic nitrogens is 1. The predicted octanol–water partition coefficient (Wildman–Crippen LogP) is 2.07. The minimum absolute atomic E-state index is 0.0934. The molecule has 1 aliphatic heterocycles. The Kier molecular flexibility index (Phi) is 6.61. The molecule has 1 aromatic carbocycles. The van der Waals surface area contributed by atoms with Gasteiger partial charge in [0.1, 0.15) is 11.4 Å². The van der Waals surface area contributed by atoms with Crippen molar-refractivity contribution < 1.29 is 19.4 Å². The molecule has 1 aliphatic rings. The fraction of sp³-hybridized carbons (Fsp3) is 0.318. The molecule has 2 heterocycles. The van der Waals surface area contributed by atoms with Gasteiger partial charge in [0.25, 0.3) is 11.8 Å². The summed E-state index contributed by atoms with van der Waals surface area (Å²) in [5.41, 5.74) is 1.87. The highest BCUT2D eigenvalue weighted by molar-refractivity contribution is 6.35. The molecule has 0 aliphatic carbocycles. The van der Waals surface area contributed by atoms with Gasteiger partial charge < -0.3 is 14.7 Å². The maximum atomic E-state index is 13.2. The van der Waals surface area contributed by atoms with Gasteiger partial charge in [-0.25, -0.2) is 0 Å². The summed E-state index contributed by atoms with van der Waals surface area (Å²) < 4.78 is 5.60. The topological polar surface area (TPSA) is 83.0 Å². The zero-order valence-corrected chi connectivity index (χ0v) is 16.7. The molecule has 1 N–H and O–H groups in total. The number of carbonyl (C=O) groups is 2. The normalized spacial score (nSPS) is 14.0. The van der Waals surface area contributed by atoms with Crippen LogP contribution in [0, 0.1) is 0 Å². The Hall–Kier alpha value is -3.19. The minimum Gasteiger partial charge on any atom is -0.494 e. The summed E-state index contributed by atoms with van der Waals surface area (Å²) in [5.74, 6) is -0.0517. The van der Waals surface area contributed by atoms with Gasteiger partial charge in [-0.2, -0.15) is 0 Å². The van der Waals surface area contributed by atoms with E-state index in [2.05, 4.69) is 4.98 Å². The van der Waals surface area contributed by atoms with Crippen molar-refractivity contribution in [3.05, 3.63) is 65.6 Å². The number of amides is 2. The molecule has 0 spiro atoms. The van der Waals surface area contributed by atoms with Gasteiger partial charge in [-0.1, -0.05) is 25.1 Å². The molecule has 2 aromatic rings. The highest BCUT2D eigenvalue weighted by Gasteiger charge is 2.40. The highest BCUT2D eigenvalue weighted by Crippen LogP contribution is 2.32. The molecule has 2 amide bonds. The summed E-state index contributed by atoms with van der Waals surface area (Å²) in [6, 6.07) is 12.5. The smallest absolute Gasteiger partial charge is 0.278 e. The van der Waals surface area contributed by atoms with Gasteiger partial charge in [0.2, 0.25) is 0 Å². The largest absolute Gasteiger partial charge is 0.494 e. The monoisotopic (exact) mass is 395 g/mol. The molecule has 0 saturated heterocycles. The van der Waals surface area contributed by atoms with Crippen molar-refractivity contribution in [1.82, 2.24) is 14.8 Å². The van der Waals surface area contributed by atoms with Crippen LogP contribution in [0.3, 0.4) is 0 Å². The Labute approximate surface area is 170 Å². The minimum atomic E-state index is -0.391. The summed E-state index contributed by atoms with van der Waals surface area (Å²) in [6.45, 7) is 2.85. The average Bonchev–Trinajstić information content (AvgIpc) is 2.98. The van der Waals surface area contributed by atoms with E-state index in [-0.39, 0.29) is 31.3 Å². The first-order chi connectivity index (χ1) is 14.1. The number of likely N-dealkylation sites (N-methyl/N-ethyl adjacent to an activating group) is 1. The number of hydrogen-bond acceptors (Lipinski definition) is 6. The second kappa shape index (κ2) is 9.34. The second-order valence-corrected chi connectivity index (χ2v) is 6.76. The van der Waals surface area contributed by atoms with E-state index in [4.69, 9.17) is 4.74 Å². The number of aliphatic hydroxyl groups is 1. The molecular weight excluding hydrogens is 370 g/mol. The van der Waals surface area contributed by atoms with E-state index in [1.807, 2.05) is 13.0 Å². The number of pyridine rings is 1. The van der Waals surface area contributed by atoms with Crippen LogP contribution < -0.4 is 4.74 Å². The molecule has 152 valence electrons. The van der Waals surface area contributed by atoms with E-state index in [9.17, 15) is 14.7 Å². The zero-order valence-electron chi connectivity index (χ0n) is 16.7. The third kappa shape index (κ3) is 4.46. The third-order valence-corrected chi connectivity index (χ3v) is 4.62. The lowest BCUT2D eigenvalue weighted by Gasteiger charge is -2.20. The Morgan fingerprint density at radius 3 is 2.48 bits per heavy atom. The van der Waals surface area contributed by atoms with Gasteiger partial charge >= 0.3 is 0 Å². The van der Waals surface area contributed by atoms with Crippen LogP contribution in [-0.2, 0) is 16.1 Å².